The van der Waals surface area contributed by atoms with E-state index in [1.807, 2.05) is 0 Å². The Labute approximate surface area is 127 Å². The van der Waals surface area contributed by atoms with Crippen LogP contribution in [-0.4, -0.2) is 23.3 Å². The Morgan fingerprint density at radius 2 is 1.62 bits per heavy atom. The Hall–Kier alpha value is -1.38. The lowest BCUT2D eigenvalue weighted by molar-refractivity contribution is -0.136. The summed E-state index contributed by atoms with van der Waals surface area (Å²) in [5.74, 6) is 2.43. The van der Waals surface area contributed by atoms with Crippen LogP contribution < -0.4 is 0 Å². The molecule has 3 heteroatoms. The van der Waals surface area contributed by atoms with Crippen molar-refractivity contribution in [1.29, 1.82) is 0 Å². The van der Waals surface area contributed by atoms with Crippen molar-refractivity contribution in [2.24, 2.45) is 17.8 Å². The third kappa shape index (κ3) is 3.45. The molecule has 3 unspecified atom stereocenters. The van der Waals surface area contributed by atoms with E-state index in [-0.39, 0.29) is 11.8 Å². The van der Waals surface area contributed by atoms with Crippen molar-refractivity contribution in [3.8, 4) is 0 Å². The molecule has 3 aliphatic rings. The highest BCUT2D eigenvalue weighted by Gasteiger charge is 2.34. The summed E-state index contributed by atoms with van der Waals surface area (Å²) in [5.41, 5.74) is 0. The maximum absolute atomic E-state index is 11.4. The van der Waals surface area contributed by atoms with Gasteiger partial charge in [-0.2, -0.15) is 0 Å². The van der Waals surface area contributed by atoms with Crippen LogP contribution >= 0.6 is 0 Å². The standard InChI is InChI=1S/C18H25NO2/c20-17-9-10-18(21)19(17)11-5-3-1-2-4-6-15-12-14-7-8-16(15)13-14/h7-10,14-16H,1-6,11-13H2. The Morgan fingerprint density at radius 1 is 0.905 bits per heavy atom. The molecule has 1 fully saturated rings. The molecular formula is C18H25NO2. The molecule has 0 N–H and O–H groups in total. The van der Waals surface area contributed by atoms with Gasteiger partial charge in [-0.25, -0.2) is 0 Å². The molecule has 0 aromatic carbocycles. The SMILES string of the molecule is O=C1C=CC(=O)N1CCCCCCCC1CC2C=CC1C2. The first-order chi connectivity index (χ1) is 10.2. The quantitative estimate of drug-likeness (QED) is 0.389. The zero-order valence-corrected chi connectivity index (χ0v) is 12.7. The first kappa shape index (κ1) is 14.6. The molecule has 3 nitrogen and oxygen atoms in total. The van der Waals surface area contributed by atoms with Crippen molar-refractivity contribution in [1.82, 2.24) is 4.90 Å². The molecule has 0 radical (unpaired) electrons. The average molecular weight is 287 g/mol. The number of allylic oxidation sites excluding steroid dienone is 2. The molecule has 2 bridgehead atoms. The fourth-order valence-corrected chi connectivity index (χ4v) is 4.08. The lowest BCUT2D eigenvalue weighted by atomic mass is 9.88. The Kier molecular flexibility index (Phi) is 4.57. The minimum atomic E-state index is -0.149. The fourth-order valence-electron chi connectivity index (χ4n) is 4.08. The van der Waals surface area contributed by atoms with E-state index in [1.165, 1.54) is 55.6 Å². The summed E-state index contributed by atoms with van der Waals surface area (Å²) >= 11 is 0. The number of unbranched alkanes of at least 4 members (excludes halogenated alkanes) is 4. The van der Waals surface area contributed by atoms with Crippen molar-refractivity contribution >= 4 is 11.8 Å². The summed E-state index contributed by atoms with van der Waals surface area (Å²) in [6.07, 6.45) is 17.7. The molecule has 0 spiro atoms. The number of hydrogen-bond donors (Lipinski definition) is 0. The predicted molar refractivity (Wildman–Crippen MR) is 82.4 cm³/mol. The number of hydrogen-bond acceptors (Lipinski definition) is 2. The van der Waals surface area contributed by atoms with Crippen LogP contribution in [0.3, 0.4) is 0 Å². The van der Waals surface area contributed by atoms with E-state index in [0.29, 0.717) is 6.54 Å². The van der Waals surface area contributed by atoms with Gasteiger partial charge in [0, 0.05) is 18.7 Å². The first-order valence-electron chi connectivity index (χ1n) is 8.46. The van der Waals surface area contributed by atoms with Crippen LogP contribution in [0.25, 0.3) is 0 Å². The molecule has 3 rings (SSSR count). The van der Waals surface area contributed by atoms with Gasteiger partial charge >= 0.3 is 0 Å². The van der Waals surface area contributed by atoms with E-state index < -0.39 is 0 Å². The third-order valence-electron chi connectivity index (χ3n) is 5.27. The summed E-state index contributed by atoms with van der Waals surface area (Å²) in [4.78, 5) is 24.1. The van der Waals surface area contributed by atoms with Crippen LogP contribution in [0.1, 0.15) is 51.4 Å². The molecule has 0 aromatic heterocycles. The number of rotatable bonds is 8. The van der Waals surface area contributed by atoms with Crippen LogP contribution in [0.5, 0.6) is 0 Å². The summed E-state index contributed by atoms with van der Waals surface area (Å²) < 4.78 is 0. The van der Waals surface area contributed by atoms with Crippen molar-refractivity contribution in [2.75, 3.05) is 6.54 Å². The molecule has 0 aromatic rings. The molecule has 1 aliphatic heterocycles. The Balaban J connectivity index is 1.21. The molecular weight excluding hydrogens is 262 g/mol. The molecule has 3 atom stereocenters. The summed E-state index contributed by atoms with van der Waals surface area (Å²) in [6, 6.07) is 0. The minimum Gasteiger partial charge on any atom is -0.275 e. The van der Waals surface area contributed by atoms with Gasteiger partial charge in [0.25, 0.3) is 11.8 Å². The number of carbonyl (C=O) groups is 2. The van der Waals surface area contributed by atoms with E-state index in [2.05, 4.69) is 12.2 Å². The maximum Gasteiger partial charge on any atom is 0.253 e. The highest BCUT2D eigenvalue weighted by molar-refractivity contribution is 6.12. The normalized spacial score (nSPS) is 30.1. The first-order valence-corrected chi connectivity index (χ1v) is 8.46. The largest absolute Gasteiger partial charge is 0.275 e. The number of amides is 2. The molecule has 2 aliphatic carbocycles. The second-order valence-corrected chi connectivity index (χ2v) is 6.76. The maximum atomic E-state index is 11.4. The monoisotopic (exact) mass is 287 g/mol. The summed E-state index contributed by atoms with van der Waals surface area (Å²) in [6.45, 7) is 0.585. The zero-order chi connectivity index (χ0) is 14.7. The number of nitrogens with zero attached hydrogens (tertiary/aromatic N) is 1. The van der Waals surface area contributed by atoms with Gasteiger partial charge in [-0.15, -0.1) is 0 Å². The molecule has 21 heavy (non-hydrogen) atoms. The highest BCUT2D eigenvalue weighted by Crippen LogP contribution is 2.45. The van der Waals surface area contributed by atoms with Crippen LogP contribution in [-0.2, 0) is 9.59 Å². The van der Waals surface area contributed by atoms with E-state index >= 15 is 0 Å². The second-order valence-electron chi connectivity index (χ2n) is 6.76. The third-order valence-corrected chi connectivity index (χ3v) is 5.27. The van der Waals surface area contributed by atoms with Crippen molar-refractivity contribution < 1.29 is 9.59 Å². The van der Waals surface area contributed by atoms with Crippen molar-refractivity contribution in [3.63, 3.8) is 0 Å². The van der Waals surface area contributed by atoms with Crippen LogP contribution in [0, 0.1) is 17.8 Å². The number of imide groups is 1. The zero-order valence-electron chi connectivity index (χ0n) is 12.7. The van der Waals surface area contributed by atoms with E-state index in [0.717, 1.165) is 30.6 Å². The van der Waals surface area contributed by atoms with Crippen LogP contribution in [0.15, 0.2) is 24.3 Å². The lowest BCUT2D eigenvalue weighted by Gasteiger charge is -2.17. The average Bonchev–Trinajstić information content (AvgIpc) is 3.16. The van der Waals surface area contributed by atoms with Gasteiger partial charge in [-0.1, -0.05) is 37.8 Å². The van der Waals surface area contributed by atoms with Crippen molar-refractivity contribution in [2.45, 2.75) is 51.4 Å². The highest BCUT2D eigenvalue weighted by atomic mass is 16.2. The van der Waals surface area contributed by atoms with Gasteiger partial charge in [0.2, 0.25) is 0 Å². The molecule has 2 amide bonds. The Bertz CT molecular complexity index is 448. The van der Waals surface area contributed by atoms with Gasteiger partial charge in [0.05, 0.1) is 0 Å². The second kappa shape index (κ2) is 6.59. The van der Waals surface area contributed by atoms with Crippen LogP contribution in [0.2, 0.25) is 0 Å². The minimum absolute atomic E-state index is 0.149. The molecule has 1 heterocycles. The lowest BCUT2D eigenvalue weighted by Crippen LogP contribution is -2.30. The summed E-state index contributed by atoms with van der Waals surface area (Å²) in [7, 11) is 0. The van der Waals surface area contributed by atoms with E-state index in [9.17, 15) is 9.59 Å². The number of carbonyl (C=O) groups excluding carboxylic acids is 2. The fraction of sp³-hybridized carbons (Fsp3) is 0.667. The van der Waals surface area contributed by atoms with Crippen LogP contribution in [0.4, 0.5) is 0 Å². The van der Waals surface area contributed by atoms with Gasteiger partial charge in [0.1, 0.15) is 0 Å². The van der Waals surface area contributed by atoms with Gasteiger partial charge in [-0.3, -0.25) is 14.5 Å². The Morgan fingerprint density at radius 3 is 2.29 bits per heavy atom. The topological polar surface area (TPSA) is 37.4 Å². The molecule has 1 saturated carbocycles. The van der Waals surface area contributed by atoms with Gasteiger partial charge in [-0.05, 0) is 43.4 Å². The summed E-state index contributed by atoms with van der Waals surface area (Å²) in [5, 5.41) is 0. The number of fused-ring (bicyclic) bond motifs is 2. The molecule has 114 valence electrons. The van der Waals surface area contributed by atoms with Gasteiger partial charge < -0.3 is 0 Å². The smallest absolute Gasteiger partial charge is 0.253 e. The van der Waals surface area contributed by atoms with Crippen molar-refractivity contribution in [3.05, 3.63) is 24.3 Å². The van der Waals surface area contributed by atoms with Gasteiger partial charge in [0.15, 0.2) is 0 Å². The van der Waals surface area contributed by atoms with E-state index in [1.54, 1.807) is 0 Å². The molecule has 0 saturated heterocycles. The predicted octanol–water partition coefficient (Wildman–Crippen LogP) is 3.46. The van der Waals surface area contributed by atoms with E-state index in [4.69, 9.17) is 0 Å².